The number of hydrogen-bond donors (Lipinski definition) is 0. The van der Waals surface area contributed by atoms with Crippen molar-refractivity contribution in [2.45, 2.75) is 6.92 Å². The first kappa shape index (κ1) is 18.9. The Hall–Kier alpha value is -3.40. The van der Waals surface area contributed by atoms with E-state index in [1.165, 1.54) is 0 Å². The third-order valence-corrected chi connectivity index (χ3v) is 3.45. The lowest BCUT2D eigenvalue weighted by Gasteiger charge is -2.05. The molecule has 2 rings (SSSR count). The Labute approximate surface area is 153 Å². The van der Waals surface area contributed by atoms with Gasteiger partial charge in [0.1, 0.15) is 12.4 Å². The fourth-order valence-electron chi connectivity index (χ4n) is 2.09. The minimum atomic E-state index is -0.483. The summed E-state index contributed by atoms with van der Waals surface area (Å²) in [5.74, 6) is -0.405. The summed E-state index contributed by atoms with van der Waals surface area (Å²) in [5, 5.41) is 0. The fourth-order valence-corrected chi connectivity index (χ4v) is 2.09. The van der Waals surface area contributed by atoms with E-state index in [4.69, 9.17) is 9.47 Å². The molecule has 0 saturated heterocycles. The molecular formula is C22H20O4. The molecule has 0 spiro atoms. The van der Waals surface area contributed by atoms with Crippen LogP contribution in [0.1, 0.15) is 12.5 Å². The summed E-state index contributed by atoms with van der Waals surface area (Å²) in [6, 6.07) is 15.2. The molecule has 0 unspecified atom stereocenters. The van der Waals surface area contributed by atoms with Gasteiger partial charge in [-0.1, -0.05) is 55.6 Å². The molecule has 0 radical (unpaired) electrons. The highest BCUT2D eigenvalue weighted by Crippen LogP contribution is 2.23. The topological polar surface area (TPSA) is 52.6 Å². The van der Waals surface area contributed by atoms with Crippen LogP contribution >= 0.6 is 0 Å². The van der Waals surface area contributed by atoms with Crippen LogP contribution in [0.15, 0.2) is 79.4 Å². The molecule has 132 valence electrons. The van der Waals surface area contributed by atoms with E-state index in [9.17, 15) is 9.59 Å². The van der Waals surface area contributed by atoms with Crippen LogP contribution in [0.25, 0.3) is 17.2 Å². The number of ether oxygens (including phenoxy) is 2. The van der Waals surface area contributed by atoms with Crippen molar-refractivity contribution in [2.75, 3.05) is 6.61 Å². The first-order valence-corrected chi connectivity index (χ1v) is 8.03. The Bertz CT molecular complexity index is 827. The van der Waals surface area contributed by atoms with Gasteiger partial charge in [0.2, 0.25) is 0 Å². The first-order chi connectivity index (χ1) is 12.5. The lowest BCUT2D eigenvalue weighted by Crippen LogP contribution is -2.04. The van der Waals surface area contributed by atoms with E-state index in [0.717, 1.165) is 22.8 Å². The van der Waals surface area contributed by atoms with Crippen molar-refractivity contribution in [3.8, 4) is 16.9 Å². The molecule has 0 saturated carbocycles. The largest absolute Gasteiger partial charge is 0.458 e. The Morgan fingerprint density at radius 3 is 2.12 bits per heavy atom. The van der Waals surface area contributed by atoms with Crippen LogP contribution in [0.3, 0.4) is 0 Å². The van der Waals surface area contributed by atoms with E-state index in [1.807, 2.05) is 42.5 Å². The van der Waals surface area contributed by atoms with Crippen molar-refractivity contribution in [1.29, 1.82) is 0 Å². The van der Waals surface area contributed by atoms with E-state index in [2.05, 4.69) is 13.2 Å². The van der Waals surface area contributed by atoms with Gasteiger partial charge in [-0.3, -0.25) is 0 Å². The molecule has 0 aliphatic rings. The first-order valence-electron chi connectivity index (χ1n) is 8.03. The van der Waals surface area contributed by atoms with Gasteiger partial charge in [0.15, 0.2) is 0 Å². The number of hydrogen-bond acceptors (Lipinski definition) is 4. The van der Waals surface area contributed by atoms with Gasteiger partial charge < -0.3 is 9.47 Å². The highest BCUT2D eigenvalue weighted by Gasteiger charge is 2.02. The van der Waals surface area contributed by atoms with Crippen LogP contribution in [0.5, 0.6) is 5.75 Å². The molecule has 4 heteroatoms. The molecule has 0 aliphatic carbocycles. The van der Waals surface area contributed by atoms with Crippen LogP contribution < -0.4 is 4.74 Å². The van der Waals surface area contributed by atoms with Crippen LogP contribution in [-0.4, -0.2) is 18.5 Å². The summed E-state index contributed by atoms with van der Waals surface area (Å²) < 4.78 is 10.1. The molecule has 4 nitrogen and oxygen atoms in total. The smallest absolute Gasteiger partial charge is 0.335 e. The van der Waals surface area contributed by atoms with Crippen molar-refractivity contribution in [3.05, 3.63) is 85.0 Å². The molecule has 2 aromatic carbocycles. The predicted octanol–water partition coefficient (Wildman–Crippen LogP) is 4.58. The third kappa shape index (κ3) is 5.60. The van der Waals surface area contributed by atoms with Gasteiger partial charge in [0, 0.05) is 11.6 Å². The highest BCUT2D eigenvalue weighted by molar-refractivity contribution is 5.87. The molecule has 0 aromatic heterocycles. The highest BCUT2D eigenvalue weighted by atomic mass is 16.5. The SMILES string of the molecule is C=CC(=O)Oc1ccc(-c2ccc(C=CCOC(=O)C(=C)C)cc2)cc1. The second-order valence-electron chi connectivity index (χ2n) is 5.55. The molecular weight excluding hydrogens is 328 g/mol. The molecule has 0 atom stereocenters. The summed E-state index contributed by atoms with van der Waals surface area (Å²) in [6.45, 7) is 8.71. The maximum absolute atomic E-state index is 11.3. The monoisotopic (exact) mass is 348 g/mol. The van der Waals surface area contributed by atoms with Crippen LogP contribution in [0.2, 0.25) is 0 Å². The van der Waals surface area contributed by atoms with Crippen LogP contribution in [-0.2, 0) is 14.3 Å². The van der Waals surface area contributed by atoms with Gasteiger partial charge in [0.05, 0.1) is 0 Å². The van der Waals surface area contributed by atoms with Gasteiger partial charge in [-0.25, -0.2) is 9.59 Å². The summed E-state index contributed by atoms with van der Waals surface area (Å²) in [5.41, 5.74) is 3.43. The number of carbonyl (C=O) groups is 2. The lowest BCUT2D eigenvalue weighted by atomic mass is 10.0. The lowest BCUT2D eigenvalue weighted by molar-refractivity contribution is -0.137. The van der Waals surface area contributed by atoms with Crippen LogP contribution in [0, 0.1) is 0 Å². The van der Waals surface area contributed by atoms with Gasteiger partial charge in [0.25, 0.3) is 0 Å². The van der Waals surface area contributed by atoms with E-state index in [1.54, 1.807) is 25.1 Å². The Morgan fingerprint density at radius 2 is 1.58 bits per heavy atom. The molecule has 0 bridgehead atoms. The average molecular weight is 348 g/mol. The quantitative estimate of drug-likeness (QED) is 0.418. The minimum absolute atomic E-state index is 0.207. The minimum Gasteiger partial charge on any atom is -0.458 e. The molecule has 2 aromatic rings. The standard InChI is InChI=1S/C22H20O4/c1-4-21(23)26-20-13-11-19(12-14-20)18-9-7-17(8-10-18)6-5-15-25-22(24)16(2)3/h4-14H,1-2,15H2,3H3. The maximum Gasteiger partial charge on any atom is 0.335 e. The molecule has 0 aliphatic heterocycles. The second kappa shape index (κ2) is 9.18. The number of esters is 2. The van der Waals surface area contributed by atoms with Crippen molar-refractivity contribution in [2.24, 2.45) is 0 Å². The number of benzene rings is 2. The Kier molecular flexibility index (Phi) is 6.68. The normalized spacial score (nSPS) is 10.3. The average Bonchev–Trinajstić information content (AvgIpc) is 2.66. The zero-order chi connectivity index (χ0) is 18.9. The van der Waals surface area contributed by atoms with Crippen molar-refractivity contribution in [1.82, 2.24) is 0 Å². The Morgan fingerprint density at radius 1 is 1.00 bits per heavy atom. The van der Waals surface area contributed by atoms with E-state index < -0.39 is 11.9 Å². The summed E-state index contributed by atoms with van der Waals surface area (Å²) in [6.07, 6.45) is 4.78. The van der Waals surface area contributed by atoms with Crippen molar-refractivity contribution < 1.29 is 19.1 Å². The zero-order valence-electron chi connectivity index (χ0n) is 14.6. The molecule has 26 heavy (non-hydrogen) atoms. The van der Waals surface area contributed by atoms with Gasteiger partial charge in [-0.05, 0) is 41.8 Å². The van der Waals surface area contributed by atoms with Gasteiger partial charge in [-0.15, -0.1) is 0 Å². The molecule has 0 amide bonds. The number of rotatable bonds is 7. The van der Waals surface area contributed by atoms with Crippen molar-refractivity contribution >= 4 is 18.0 Å². The number of carbonyl (C=O) groups excluding carboxylic acids is 2. The fraction of sp³-hybridized carbons (Fsp3) is 0.0909. The van der Waals surface area contributed by atoms with Gasteiger partial charge in [-0.2, -0.15) is 0 Å². The van der Waals surface area contributed by atoms with Crippen LogP contribution in [0.4, 0.5) is 0 Å². The van der Waals surface area contributed by atoms with E-state index in [-0.39, 0.29) is 6.61 Å². The summed E-state index contributed by atoms with van der Waals surface area (Å²) >= 11 is 0. The predicted molar refractivity (Wildman–Crippen MR) is 103 cm³/mol. The second-order valence-corrected chi connectivity index (χ2v) is 5.55. The molecule has 0 heterocycles. The summed E-state index contributed by atoms with van der Waals surface area (Å²) in [7, 11) is 0. The maximum atomic E-state index is 11.3. The summed E-state index contributed by atoms with van der Waals surface area (Å²) in [4.78, 5) is 22.4. The van der Waals surface area contributed by atoms with Crippen molar-refractivity contribution in [3.63, 3.8) is 0 Å². The molecule has 0 fully saturated rings. The Balaban J connectivity index is 1.96. The van der Waals surface area contributed by atoms with E-state index >= 15 is 0 Å². The molecule has 0 N–H and O–H groups in total. The third-order valence-electron chi connectivity index (χ3n) is 3.45. The zero-order valence-corrected chi connectivity index (χ0v) is 14.6. The van der Waals surface area contributed by atoms with E-state index in [0.29, 0.717) is 11.3 Å². The van der Waals surface area contributed by atoms with Gasteiger partial charge >= 0.3 is 11.9 Å².